The molecule has 0 bridgehead atoms. The van der Waals surface area contributed by atoms with Crippen molar-refractivity contribution in [2.24, 2.45) is 0 Å². The summed E-state index contributed by atoms with van der Waals surface area (Å²) < 4.78 is 0. The molecule has 5 nitrogen and oxygen atoms in total. The quantitative estimate of drug-likeness (QED) is 0.734. The van der Waals surface area contributed by atoms with Crippen LogP contribution >= 0.6 is 11.3 Å². The summed E-state index contributed by atoms with van der Waals surface area (Å²) in [5.74, 6) is -1.40. The lowest BCUT2D eigenvalue weighted by Gasteiger charge is -2.21. The Hall–Kier alpha value is -1.40. The topological polar surface area (TPSA) is 86.6 Å². The summed E-state index contributed by atoms with van der Waals surface area (Å²) in [7, 11) is 0. The highest BCUT2D eigenvalue weighted by atomic mass is 32.1. The molecule has 0 aliphatic carbocycles. The lowest BCUT2D eigenvalue weighted by molar-refractivity contribution is -0.141. The van der Waals surface area contributed by atoms with E-state index in [1.54, 1.807) is 5.38 Å². The fourth-order valence-electron chi connectivity index (χ4n) is 1.35. The minimum Gasteiger partial charge on any atom is -0.481 e. The summed E-state index contributed by atoms with van der Waals surface area (Å²) in [6, 6.07) is 0. The molecule has 1 aromatic heterocycles. The Bertz CT molecular complexity index is 425. The second-order valence-corrected chi connectivity index (χ2v) is 4.96. The number of carbonyl (C=O) groups excluding carboxylic acids is 1. The van der Waals surface area contributed by atoms with E-state index in [9.17, 15) is 14.7 Å². The van der Waals surface area contributed by atoms with Crippen LogP contribution in [0.5, 0.6) is 0 Å². The minimum atomic E-state index is -1.44. The normalized spacial score (nSPS) is 14.1. The Labute approximate surface area is 103 Å². The molecule has 0 saturated carbocycles. The second kappa shape index (κ2) is 5.29. The van der Waals surface area contributed by atoms with Gasteiger partial charge in [0.05, 0.1) is 17.6 Å². The number of aliphatic carboxylic acids is 1. The first-order chi connectivity index (χ1) is 7.82. The van der Waals surface area contributed by atoms with E-state index in [4.69, 9.17) is 5.11 Å². The number of hydrogen-bond donors (Lipinski definition) is 3. The van der Waals surface area contributed by atoms with Gasteiger partial charge in [-0.05, 0) is 24.8 Å². The second-order valence-electron chi connectivity index (χ2n) is 4.22. The van der Waals surface area contributed by atoms with Crippen LogP contribution in [-0.2, 0) is 4.79 Å². The Morgan fingerprint density at radius 2 is 2.12 bits per heavy atom. The lowest BCUT2D eigenvalue weighted by Crippen LogP contribution is -2.42. The number of carboxylic acid groups (broad SMARTS) is 1. The molecular weight excluding hydrogens is 242 g/mol. The van der Waals surface area contributed by atoms with Crippen LogP contribution < -0.4 is 5.32 Å². The van der Waals surface area contributed by atoms with Gasteiger partial charge in [0.2, 0.25) is 0 Å². The van der Waals surface area contributed by atoms with Crippen molar-refractivity contribution >= 4 is 23.2 Å². The van der Waals surface area contributed by atoms with Crippen LogP contribution in [0.1, 0.15) is 29.3 Å². The number of amides is 1. The van der Waals surface area contributed by atoms with Crippen LogP contribution in [0.15, 0.2) is 10.8 Å². The maximum atomic E-state index is 11.7. The maximum Gasteiger partial charge on any atom is 0.306 e. The molecule has 0 radical (unpaired) electrons. The molecule has 6 heteroatoms. The van der Waals surface area contributed by atoms with Gasteiger partial charge in [-0.1, -0.05) is 0 Å². The first-order valence-corrected chi connectivity index (χ1v) is 6.01. The SMILES string of the molecule is Cc1cscc1C(=O)NCC(C)(O)CC(=O)O. The third-order valence-corrected chi connectivity index (χ3v) is 3.12. The Morgan fingerprint density at radius 1 is 1.47 bits per heavy atom. The van der Waals surface area contributed by atoms with Gasteiger partial charge < -0.3 is 15.5 Å². The molecule has 94 valence electrons. The zero-order valence-electron chi connectivity index (χ0n) is 9.69. The van der Waals surface area contributed by atoms with Gasteiger partial charge in [0, 0.05) is 11.9 Å². The van der Waals surface area contributed by atoms with Crippen molar-refractivity contribution in [2.75, 3.05) is 6.54 Å². The summed E-state index contributed by atoms with van der Waals surface area (Å²) >= 11 is 1.42. The highest BCUT2D eigenvalue weighted by Gasteiger charge is 2.25. The molecule has 3 N–H and O–H groups in total. The van der Waals surface area contributed by atoms with Crippen LogP contribution in [0.4, 0.5) is 0 Å². The van der Waals surface area contributed by atoms with Gasteiger partial charge in [-0.2, -0.15) is 11.3 Å². The lowest BCUT2D eigenvalue weighted by atomic mass is 10.0. The van der Waals surface area contributed by atoms with Gasteiger partial charge in [0.25, 0.3) is 5.91 Å². The van der Waals surface area contributed by atoms with Crippen LogP contribution in [0.25, 0.3) is 0 Å². The summed E-state index contributed by atoms with van der Waals surface area (Å²) in [4.78, 5) is 22.2. The third-order valence-electron chi connectivity index (χ3n) is 2.26. The Morgan fingerprint density at radius 3 is 2.59 bits per heavy atom. The van der Waals surface area contributed by atoms with Gasteiger partial charge in [-0.15, -0.1) is 0 Å². The van der Waals surface area contributed by atoms with E-state index in [1.165, 1.54) is 18.3 Å². The highest BCUT2D eigenvalue weighted by molar-refractivity contribution is 7.08. The van der Waals surface area contributed by atoms with E-state index >= 15 is 0 Å². The average molecular weight is 257 g/mol. The zero-order chi connectivity index (χ0) is 13.1. The number of thiophene rings is 1. The number of carboxylic acids is 1. The van der Waals surface area contributed by atoms with Crippen molar-refractivity contribution < 1.29 is 19.8 Å². The van der Waals surface area contributed by atoms with Crippen LogP contribution in [0.2, 0.25) is 0 Å². The smallest absolute Gasteiger partial charge is 0.306 e. The number of aliphatic hydroxyl groups is 1. The number of carbonyl (C=O) groups is 2. The predicted octanol–water partition coefficient (Wildman–Crippen LogP) is 1.01. The molecule has 1 aromatic rings. The monoisotopic (exact) mass is 257 g/mol. The van der Waals surface area contributed by atoms with Crippen molar-refractivity contribution in [1.29, 1.82) is 0 Å². The van der Waals surface area contributed by atoms with Crippen molar-refractivity contribution in [2.45, 2.75) is 25.9 Å². The molecule has 0 aliphatic rings. The molecule has 0 spiro atoms. The van der Waals surface area contributed by atoms with Crippen molar-refractivity contribution in [1.82, 2.24) is 5.32 Å². The summed E-state index contributed by atoms with van der Waals surface area (Å²) in [6.45, 7) is 3.11. The van der Waals surface area contributed by atoms with Crippen LogP contribution in [-0.4, -0.2) is 34.2 Å². The van der Waals surface area contributed by atoms with Gasteiger partial charge in [-0.25, -0.2) is 0 Å². The molecule has 0 aliphatic heterocycles. The number of hydrogen-bond acceptors (Lipinski definition) is 4. The van der Waals surface area contributed by atoms with Crippen LogP contribution in [0, 0.1) is 6.92 Å². The van der Waals surface area contributed by atoms with Gasteiger partial charge >= 0.3 is 5.97 Å². The molecule has 1 atom stereocenters. The summed E-state index contributed by atoms with van der Waals surface area (Å²) in [5.41, 5.74) is -0.0164. The Balaban J connectivity index is 2.54. The minimum absolute atomic E-state index is 0.0899. The van der Waals surface area contributed by atoms with Crippen molar-refractivity contribution in [3.05, 3.63) is 21.9 Å². The van der Waals surface area contributed by atoms with Gasteiger partial charge in [0.15, 0.2) is 0 Å². The Kier molecular flexibility index (Phi) is 4.25. The molecule has 0 aromatic carbocycles. The van der Waals surface area contributed by atoms with E-state index in [-0.39, 0.29) is 12.5 Å². The molecule has 1 rings (SSSR count). The van der Waals surface area contributed by atoms with Crippen LogP contribution in [0.3, 0.4) is 0 Å². The number of aryl methyl sites for hydroxylation is 1. The molecule has 1 heterocycles. The third kappa shape index (κ3) is 4.16. The summed E-state index contributed by atoms with van der Waals surface area (Å²) in [6.07, 6.45) is -0.407. The predicted molar refractivity (Wildman–Crippen MR) is 64.3 cm³/mol. The fourth-order valence-corrected chi connectivity index (χ4v) is 2.18. The van der Waals surface area contributed by atoms with E-state index < -0.39 is 18.0 Å². The average Bonchev–Trinajstić information content (AvgIpc) is 2.59. The zero-order valence-corrected chi connectivity index (χ0v) is 10.5. The first kappa shape index (κ1) is 13.7. The molecule has 0 fully saturated rings. The van der Waals surface area contributed by atoms with E-state index in [1.807, 2.05) is 12.3 Å². The van der Waals surface area contributed by atoms with E-state index in [2.05, 4.69) is 5.32 Å². The molecule has 0 saturated heterocycles. The molecule has 1 amide bonds. The van der Waals surface area contributed by atoms with Gasteiger partial charge in [-0.3, -0.25) is 9.59 Å². The van der Waals surface area contributed by atoms with Crippen molar-refractivity contribution in [3.63, 3.8) is 0 Å². The molecule has 1 unspecified atom stereocenters. The standard InChI is InChI=1S/C11H15NO4S/c1-7-4-17-5-8(7)10(15)12-6-11(2,16)3-9(13)14/h4-5,16H,3,6H2,1-2H3,(H,12,15)(H,13,14). The molecular formula is C11H15NO4S. The maximum absolute atomic E-state index is 11.7. The van der Waals surface area contributed by atoms with Gasteiger partial charge in [0.1, 0.15) is 0 Å². The number of rotatable bonds is 5. The number of nitrogens with one attached hydrogen (secondary N) is 1. The first-order valence-electron chi connectivity index (χ1n) is 5.07. The molecule has 17 heavy (non-hydrogen) atoms. The van der Waals surface area contributed by atoms with Crippen molar-refractivity contribution in [3.8, 4) is 0 Å². The summed E-state index contributed by atoms with van der Waals surface area (Å²) in [5, 5.41) is 24.4. The largest absolute Gasteiger partial charge is 0.481 e. The van der Waals surface area contributed by atoms with E-state index in [0.29, 0.717) is 5.56 Å². The highest BCUT2D eigenvalue weighted by Crippen LogP contribution is 2.14. The van der Waals surface area contributed by atoms with E-state index in [0.717, 1.165) is 5.56 Å². The fraction of sp³-hybridized carbons (Fsp3) is 0.455.